The molecule has 0 unspecified atom stereocenters. The lowest BCUT2D eigenvalue weighted by Crippen LogP contribution is -2.36. The van der Waals surface area contributed by atoms with Crippen LogP contribution in [-0.2, 0) is 0 Å². The largest absolute Gasteiger partial charge is 0.395 e. The predicted octanol–water partition coefficient (Wildman–Crippen LogP) is 2.89. The Morgan fingerprint density at radius 3 is 2.75 bits per heavy atom. The van der Waals surface area contributed by atoms with E-state index in [1.165, 1.54) is 11.3 Å². The number of nitrogens with one attached hydrogen (secondary N) is 1. The van der Waals surface area contributed by atoms with Gasteiger partial charge in [0.1, 0.15) is 0 Å². The monoisotopic (exact) mass is 293 g/mol. The number of rotatable bonds is 5. The van der Waals surface area contributed by atoms with Gasteiger partial charge in [0.25, 0.3) is 5.91 Å². The Labute approximate surface area is 125 Å². The number of thiophene rings is 1. The molecule has 0 fully saturated rings. The van der Waals surface area contributed by atoms with Gasteiger partial charge >= 0.3 is 0 Å². The van der Waals surface area contributed by atoms with Crippen LogP contribution in [0.4, 0.5) is 0 Å². The number of carbonyl (C=O) groups excluding carboxylic acids is 1. The van der Waals surface area contributed by atoms with E-state index in [-0.39, 0.29) is 17.9 Å². The molecule has 3 nitrogen and oxygen atoms in total. The number of hydrogen-bond donors (Lipinski definition) is 2. The average Bonchev–Trinajstić information content (AvgIpc) is 2.85. The quantitative estimate of drug-likeness (QED) is 0.820. The van der Waals surface area contributed by atoms with Crippen LogP contribution in [0, 0.1) is 23.2 Å². The predicted molar refractivity (Wildman–Crippen MR) is 83.9 cm³/mol. The van der Waals surface area contributed by atoms with Crippen LogP contribution in [-0.4, -0.2) is 24.2 Å². The summed E-state index contributed by atoms with van der Waals surface area (Å²) in [5.74, 6) is 6.26. The molecule has 20 heavy (non-hydrogen) atoms. The molecule has 0 spiro atoms. The molecule has 0 aromatic carbocycles. The summed E-state index contributed by atoms with van der Waals surface area (Å²) >= 11 is 1.38. The van der Waals surface area contributed by atoms with Gasteiger partial charge < -0.3 is 10.4 Å². The molecule has 0 aliphatic heterocycles. The average molecular weight is 293 g/mol. The highest BCUT2D eigenvalue weighted by Gasteiger charge is 2.23. The maximum atomic E-state index is 12.1. The van der Waals surface area contributed by atoms with Crippen molar-refractivity contribution in [1.29, 1.82) is 0 Å². The smallest absolute Gasteiger partial charge is 0.261 e. The number of hydrogen-bond acceptors (Lipinski definition) is 3. The van der Waals surface area contributed by atoms with E-state index in [0.717, 1.165) is 4.88 Å². The molecule has 0 saturated heterocycles. The normalized spacial score (nSPS) is 11.1. The van der Waals surface area contributed by atoms with Crippen molar-refractivity contribution in [2.75, 3.05) is 13.2 Å². The zero-order valence-electron chi connectivity index (χ0n) is 12.6. The van der Waals surface area contributed by atoms with Crippen LogP contribution >= 0.6 is 11.3 Å². The van der Waals surface area contributed by atoms with Gasteiger partial charge in [-0.05, 0) is 23.5 Å². The first-order chi connectivity index (χ1) is 9.36. The molecule has 0 bridgehead atoms. The second-order valence-corrected chi connectivity index (χ2v) is 6.85. The van der Waals surface area contributed by atoms with Crippen molar-refractivity contribution in [3.05, 3.63) is 21.9 Å². The Balaban J connectivity index is 2.59. The molecule has 0 radical (unpaired) electrons. The number of carbonyl (C=O) groups is 1. The molecule has 0 aliphatic carbocycles. The topological polar surface area (TPSA) is 49.3 Å². The van der Waals surface area contributed by atoms with Gasteiger partial charge in [-0.3, -0.25) is 4.79 Å². The molecule has 1 heterocycles. The Hall–Kier alpha value is -1.31. The summed E-state index contributed by atoms with van der Waals surface area (Å²) in [5.41, 5.74) is 0.0800. The van der Waals surface area contributed by atoms with Crippen LogP contribution in [0.5, 0.6) is 0 Å². The molecular formula is C16H23NO2S. The van der Waals surface area contributed by atoms with Crippen LogP contribution in [0.25, 0.3) is 0 Å². The third kappa shape index (κ3) is 4.99. The van der Waals surface area contributed by atoms with Crippen LogP contribution in [0.3, 0.4) is 0 Å². The summed E-state index contributed by atoms with van der Waals surface area (Å²) in [6.07, 6.45) is 0.460. The molecule has 1 amide bonds. The molecule has 2 N–H and O–H groups in total. The minimum absolute atomic E-state index is 0.0427. The highest BCUT2D eigenvalue weighted by Crippen LogP contribution is 2.25. The zero-order valence-corrected chi connectivity index (χ0v) is 13.4. The van der Waals surface area contributed by atoms with Crippen LogP contribution in [0.2, 0.25) is 0 Å². The summed E-state index contributed by atoms with van der Waals surface area (Å²) in [6, 6.07) is 3.64. The molecule has 0 saturated carbocycles. The van der Waals surface area contributed by atoms with E-state index in [1.807, 2.05) is 6.07 Å². The third-order valence-corrected chi connectivity index (χ3v) is 4.55. The third-order valence-electron chi connectivity index (χ3n) is 3.55. The maximum Gasteiger partial charge on any atom is 0.261 e. The van der Waals surface area contributed by atoms with Crippen molar-refractivity contribution < 1.29 is 9.90 Å². The Morgan fingerprint density at radius 1 is 1.45 bits per heavy atom. The lowest BCUT2D eigenvalue weighted by atomic mass is 9.81. The van der Waals surface area contributed by atoms with E-state index in [2.05, 4.69) is 44.9 Å². The summed E-state index contributed by atoms with van der Waals surface area (Å²) in [4.78, 5) is 13.6. The first-order valence-corrected chi connectivity index (χ1v) is 7.66. The number of amides is 1. The van der Waals surface area contributed by atoms with Gasteiger partial charge in [0.2, 0.25) is 0 Å². The van der Waals surface area contributed by atoms with Gasteiger partial charge in [-0.1, -0.05) is 39.5 Å². The molecule has 1 aromatic rings. The minimum Gasteiger partial charge on any atom is -0.395 e. The first-order valence-electron chi connectivity index (χ1n) is 6.84. The number of aliphatic hydroxyl groups is 1. The van der Waals surface area contributed by atoms with Crippen LogP contribution < -0.4 is 5.32 Å². The molecule has 0 aliphatic rings. The Kier molecular flexibility index (Phi) is 6.25. The van der Waals surface area contributed by atoms with Crippen molar-refractivity contribution in [3.8, 4) is 11.8 Å². The molecule has 4 heteroatoms. The summed E-state index contributed by atoms with van der Waals surface area (Å²) in [5, 5.41) is 11.6. The highest BCUT2D eigenvalue weighted by atomic mass is 32.1. The standard InChI is InChI=1S/C16H23NO2S/c1-12(2)16(3,4)11-17-15(19)14-9-8-13(20-14)7-5-6-10-18/h8-9,12,18H,6,10-11H2,1-4H3,(H,17,19). The van der Waals surface area contributed by atoms with Crippen molar-refractivity contribution >= 4 is 17.2 Å². The van der Waals surface area contributed by atoms with E-state index < -0.39 is 0 Å². The first kappa shape index (κ1) is 16.7. The summed E-state index contributed by atoms with van der Waals surface area (Å²) in [7, 11) is 0. The van der Waals surface area contributed by atoms with Gasteiger partial charge in [0.05, 0.1) is 16.4 Å². The van der Waals surface area contributed by atoms with Gasteiger partial charge in [-0.15, -0.1) is 11.3 Å². The van der Waals surface area contributed by atoms with E-state index in [9.17, 15) is 4.79 Å². The van der Waals surface area contributed by atoms with Gasteiger partial charge in [0, 0.05) is 13.0 Å². The molecule has 0 atom stereocenters. The van der Waals surface area contributed by atoms with E-state index in [0.29, 0.717) is 23.8 Å². The second kappa shape index (κ2) is 7.47. The molecule has 1 rings (SSSR count). The fourth-order valence-electron chi connectivity index (χ4n) is 1.33. The van der Waals surface area contributed by atoms with Crippen LogP contribution in [0.15, 0.2) is 12.1 Å². The van der Waals surface area contributed by atoms with Gasteiger partial charge in [-0.25, -0.2) is 0 Å². The fourth-order valence-corrected chi connectivity index (χ4v) is 2.13. The zero-order chi connectivity index (χ0) is 15.2. The molecule has 110 valence electrons. The SMILES string of the molecule is CC(C)C(C)(C)CNC(=O)c1ccc(C#CCCO)s1. The lowest BCUT2D eigenvalue weighted by Gasteiger charge is -2.29. The van der Waals surface area contributed by atoms with Gasteiger partial charge in [-0.2, -0.15) is 0 Å². The minimum atomic E-state index is -0.0427. The van der Waals surface area contributed by atoms with Crippen molar-refractivity contribution in [2.45, 2.75) is 34.1 Å². The number of aliphatic hydroxyl groups excluding tert-OH is 1. The van der Waals surface area contributed by atoms with Crippen molar-refractivity contribution in [3.63, 3.8) is 0 Å². The fraction of sp³-hybridized carbons (Fsp3) is 0.562. The Morgan fingerprint density at radius 2 is 2.15 bits per heavy atom. The lowest BCUT2D eigenvalue weighted by molar-refractivity contribution is 0.0929. The van der Waals surface area contributed by atoms with Crippen LogP contribution in [0.1, 0.15) is 48.7 Å². The van der Waals surface area contributed by atoms with Crippen molar-refractivity contribution in [1.82, 2.24) is 5.32 Å². The van der Waals surface area contributed by atoms with E-state index >= 15 is 0 Å². The highest BCUT2D eigenvalue weighted by molar-refractivity contribution is 7.14. The summed E-state index contributed by atoms with van der Waals surface area (Å²) in [6.45, 7) is 9.34. The Bertz CT molecular complexity index is 506. The second-order valence-electron chi connectivity index (χ2n) is 5.77. The van der Waals surface area contributed by atoms with Crippen molar-refractivity contribution in [2.24, 2.45) is 11.3 Å². The van der Waals surface area contributed by atoms with Gasteiger partial charge in [0.15, 0.2) is 0 Å². The van der Waals surface area contributed by atoms with E-state index in [1.54, 1.807) is 6.07 Å². The molecule has 1 aromatic heterocycles. The summed E-state index contributed by atoms with van der Waals surface area (Å²) < 4.78 is 0. The van der Waals surface area contributed by atoms with E-state index in [4.69, 9.17) is 5.11 Å². The molecular weight excluding hydrogens is 270 g/mol. The maximum absolute atomic E-state index is 12.1.